The van der Waals surface area contributed by atoms with Crippen LogP contribution < -0.4 is 0 Å². The summed E-state index contributed by atoms with van der Waals surface area (Å²) in [7, 11) is 1.37. The average molecular weight is 449 g/mol. The van der Waals surface area contributed by atoms with Crippen molar-refractivity contribution < 1.29 is 24.2 Å². The molecule has 0 aromatic heterocycles. The van der Waals surface area contributed by atoms with Gasteiger partial charge in [-0.2, -0.15) is 0 Å². The summed E-state index contributed by atoms with van der Waals surface area (Å²) in [6.07, 6.45) is 3.59. The number of ether oxygens (including phenoxy) is 2. The van der Waals surface area contributed by atoms with E-state index < -0.39 is 35.5 Å². The highest BCUT2D eigenvalue weighted by Crippen LogP contribution is 2.65. The van der Waals surface area contributed by atoms with Gasteiger partial charge in [-0.1, -0.05) is 74.7 Å². The largest absolute Gasteiger partial charge is 0.469 e. The predicted octanol–water partition coefficient (Wildman–Crippen LogP) is 4.70. The minimum Gasteiger partial charge on any atom is -0.469 e. The van der Waals surface area contributed by atoms with E-state index >= 15 is 0 Å². The molecule has 1 fully saturated rings. The Balaban J connectivity index is 1.60. The summed E-state index contributed by atoms with van der Waals surface area (Å²) in [4.78, 5) is 27.0. The zero-order chi connectivity index (χ0) is 23.2. The van der Waals surface area contributed by atoms with Gasteiger partial charge in [-0.05, 0) is 41.5 Å². The van der Waals surface area contributed by atoms with Gasteiger partial charge in [-0.25, -0.2) is 0 Å². The molecule has 2 aromatic carbocycles. The average Bonchev–Trinajstić information content (AvgIpc) is 3.14. The number of hydrogen-bond acceptors (Lipinski definition) is 5. The van der Waals surface area contributed by atoms with E-state index in [-0.39, 0.29) is 11.8 Å². The summed E-state index contributed by atoms with van der Waals surface area (Å²) in [6, 6.07) is 16.3. The number of fused-ring (bicyclic) bond motifs is 1. The Morgan fingerprint density at radius 3 is 2.21 bits per heavy atom. The summed E-state index contributed by atoms with van der Waals surface area (Å²) in [6.45, 7) is 2.15. The zero-order valence-electron chi connectivity index (χ0n) is 19.3. The quantitative estimate of drug-likeness (QED) is 0.491. The normalized spacial score (nSPS) is 31.6. The third-order valence-electron chi connectivity index (χ3n) is 8.13. The van der Waals surface area contributed by atoms with Crippen molar-refractivity contribution >= 4 is 11.9 Å². The number of esters is 2. The number of aliphatic hydroxyl groups is 1. The van der Waals surface area contributed by atoms with Gasteiger partial charge in [0.15, 0.2) is 0 Å². The molecule has 6 rings (SSSR count). The lowest BCUT2D eigenvalue weighted by atomic mass is 9.48. The number of carbonyl (C=O) groups excluding carboxylic acids is 2. The van der Waals surface area contributed by atoms with Crippen molar-refractivity contribution in [3.05, 3.63) is 70.8 Å². The van der Waals surface area contributed by atoms with Crippen LogP contribution in [0.3, 0.4) is 0 Å². The van der Waals surface area contributed by atoms with Crippen LogP contribution in [0.2, 0.25) is 0 Å². The van der Waals surface area contributed by atoms with E-state index in [1.165, 1.54) is 18.2 Å². The van der Waals surface area contributed by atoms with E-state index in [0.29, 0.717) is 12.8 Å². The van der Waals surface area contributed by atoms with Crippen molar-refractivity contribution in [2.75, 3.05) is 7.11 Å². The molecule has 33 heavy (non-hydrogen) atoms. The molecule has 0 spiro atoms. The standard InChI is InChI=1S/C28H32O5/c1-3-4-5-6-15-22-25(29)24(26(30)33-22)28(27(31)32-2)16-21-17-11-7-9-13-19(17)23(28)20-14-10-8-12-18(20)21/h7-14,21-25,29H,3-6,15-16H2,1-2H3/t21?,22-,23?,24?,25+,28?/m0/s1. The van der Waals surface area contributed by atoms with E-state index in [0.717, 1.165) is 36.8 Å². The molecule has 2 bridgehead atoms. The summed E-state index contributed by atoms with van der Waals surface area (Å²) in [5.41, 5.74) is 3.28. The molecule has 1 saturated heterocycles. The lowest BCUT2D eigenvalue weighted by molar-refractivity contribution is -0.168. The number of methoxy groups -OCH3 is 1. The highest BCUT2D eigenvalue weighted by molar-refractivity contribution is 5.90. The van der Waals surface area contributed by atoms with E-state index in [1.807, 2.05) is 24.3 Å². The molecule has 0 radical (unpaired) electrons. The Labute approximate surface area is 195 Å². The SMILES string of the molecule is CCCCCC[C@@H]1OC(=O)C(C2(C(=O)OC)CC3c4ccccc4C2c2ccccc23)[C@@H]1O. The third-order valence-corrected chi connectivity index (χ3v) is 8.13. The molecular formula is C28H32O5. The van der Waals surface area contributed by atoms with Crippen LogP contribution in [0.5, 0.6) is 0 Å². The summed E-state index contributed by atoms with van der Waals surface area (Å²) in [5.74, 6) is -2.26. The fourth-order valence-electron chi connectivity index (χ4n) is 6.74. The Bertz CT molecular complexity index is 1010. The first-order valence-corrected chi connectivity index (χ1v) is 12.2. The van der Waals surface area contributed by atoms with Crippen LogP contribution in [-0.2, 0) is 19.1 Å². The van der Waals surface area contributed by atoms with Gasteiger partial charge >= 0.3 is 11.9 Å². The maximum atomic E-state index is 13.6. The minimum atomic E-state index is -1.20. The number of hydrogen-bond donors (Lipinski definition) is 1. The van der Waals surface area contributed by atoms with E-state index in [4.69, 9.17) is 9.47 Å². The van der Waals surface area contributed by atoms with Crippen molar-refractivity contribution in [1.82, 2.24) is 0 Å². The van der Waals surface area contributed by atoms with Gasteiger partial charge in [-0.15, -0.1) is 0 Å². The molecule has 0 amide bonds. The second kappa shape index (κ2) is 8.60. The van der Waals surface area contributed by atoms with Gasteiger partial charge < -0.3 is 14.6 Å². The van der Waals surface area contributed by atoms with Crippen LogP contribution in [0, 0.1) is 11.3 Å². The molecule has 1 N–H and O–H groups in total. The van der Waals surface area contributed by atoms with E-state index in [2.05, 4.69) is 31.2 Å². The van der Waals surface area contributed by atoms with Crippen molar-refractivity contribution in [2.24, 2.45) is 11.3 Å². The van der Waals surface area contributed by atoms with Gasteiger partial charge in [0.05, 0.1) is 12.5 Å². The number of rotatable bonds is 7. The molecule has 174 valence electrons. The van der Waals surface area contributed by atoms with Crippen LogP contribution in [0.4, 0.5) is 0 Å². The van der Waals surface area contributed by atoms with Crippen LogP contribution in [0.1, 0.15) is 79.5 Å². The van der Waals surface area contributed by atoms with Gasteiger partial charge in [-0.3, -0.25) is 9.59 Å². The number of unbranched alkanes of at least 4 members (excludes halogenated alkanes) is 3. The fraction of sp³-hybridized carbons (Fsp3) is 0.500. The Hall–Kier alpha value is -2.66. The number of cyclic esters (lactones) is 1. The summed E-state index contributed by atoms with van der Waals surface area (Å²) in [5, 5.41) is 11.4. The van der Waals surface area contributed by atoms with E-state index in [1.54, 1.807) is 0 Å². The molecule has 2 aromatic rings. The first-order valence-electron chi connectivity index (χ1n) is 12.2. The van der Waals surface area contributed by atoms with Crippen molar-refractivity contribution in [3.63, 3.8) is 0 Å². The third kappa shape index (κ3) is 3.23. The molecular weight excluding hydrogens is 416 g/mol. The molecule has 5 heteroatoms. The van der Waals surface area contributed by atoms with Crippen LogP contribution in [0.25, 0.3) is 0 Å². The summed E-state index contributed by atoms with van der Waals surface area (Å²) < 4.78 is 11.1. The Kier molecular flexibility index (Phi) is 5.77. The van der Waals surface area contributed by atoms with Gasteiger partial charge in [0, 0.05) is 11.8 Å². The smallest absolute Gasteiger partial charge is 0.313 e. The molecule has 1 aliphatic heterocycles. The predicted molar refractivity (Wildman–Crippen MR) is 124 cm³/mol. The lowest BCUT2D eigenvalue weighted by Crippen LogP contribution is -2.55. The molecule has 0 saturated carbocycles. The van der Waals surface area contributed by atoms with Gasteiger partial charge in [0.25, 0.3) is 0 Å². The molecule has 5 nitrogen and oxygen atoms in total. The molecule has 4 aliphatic rings. The monoisotopic (exact) mass is 448 g/mol. The van der Waals surface area contributed by atoms with Crippen molar-refractivity contribution in [1.29, 1.82) is 0 Å². The first-order chi connectivity index (χ1) is 16.0. The molecule has 1 heterocycles. The second-order valence-corrected chi connectivity index (χ2v) is 9.77. The van der Waals surface area contributed by atoms with Crippen LogP contribution >= 0.6 is 0 Å². The van der Waals surface area contributed by atoms with Crippen molar-refractivity contribution in [3.8, 4) is 0 Å². The highest BCUT2D eigenvalue weighted by atomic mass is 16.6. The highest BCUT2D eigenvalue weighted by Gasteiger charge is 2.67. The van der Waals surface area contributed by atoms with Gasteiger partial charge in [0.1, 0.15) is 18.1 Å². The lowest BCUT2D eigenvalue weighted by Gasteiger charge is -2.53. The fourth-order valence-corrected chi connectivity index (χ4v) is 6.74. The topological polar surface area (TPSA) is 72.8 Å². The van der Waals surface area contributed by atoms with Crippen LogP contribution in [-0.4, -0.2) is 36.4 Å². The molecule has 2 unspecified atom stereocenters. The number of carbonyl (C=O) groups is 2. The van der Waals surface area contributed by atoms with Crippen LogP contribution in [0.15, 0.2) is 48.5 Å². The minimum absolute atomic E-state index is 0.0369. The first kappa shape index (κ1) is 22.1. The number of benzene rings is 2. The van der Waals surface area contributed by atoms with E-state index in [9.17, 15) is 14.7 Å². The Morgan fingerprint density at radius 1 is 1.03 bits per heavy atom. The maximum Gasteiger partial charge on any atom is 0.313 e. The molecule has 3 aliphatic carbocycles. The maximum absolute atomic E-state index is 13.6. The summed E-state index contributed by atoms with van der Waals surface area (Å²) >= 11 is 0. The Morgan fingerprint density at radius 2 is 1.64 bits per heavy atom. The number of aliphatic hydroxyl groups excluding tert-OH is 1. The van der Waals surface area contributed by atoms with Gasteiger partial charge in [0.2, 0.25) is 0 Å². The molecule has 4 atom stereocenters. The zero-order valence-corrected chi connectivity index (χ0v) is 19.3. The van der Waals surface area contributed by atoms with Crippen molar-refractivity contribution in [2.45, 2.75) is 69.5 Å². The second-order valence-electron chi connectivity index (χ2n) is 9.77.